The predicted octanol–water partition coefficient (Wildman–Crippen LogP) is 1.68. The fourth-order valence-corrected chi connectivity index (χ4v) is 4.32. The highest BCUT2D eigenvalue weighted by Crippen LogP contribution is 2.26. The maximum absolute atomic E-state index is 12.3. The smallest absolute Gasteiger partial charge is 0.249 e. The van der Waals surface area contributed by atoms with Gasteiger partial charge in [0.15, 0.2) is 0 Å². The highest BCUT2D eigenvalue weighted by molar-refractivity contribution is 7.10. The number of nitrogens with zero attached hydrogens (tertiary/aromatic N) is 2. The Hall–Kier alpha value is -1.40. The third-order valence-corrected chi connectivity index (χ3v) is 5.59. The Balaban J connectivity index is 1.50. The topological polar surface area (TPSA) is 66.6 Å². The van der Waals surface area contributed by atoms with Gasteiger partial charge in [-0.1, -0.05) is 12.8 Å². The van der Waals surface area contributed by atoms with E-state index in [-0.39, 0.29) is 11.8 Å². The molecule has 1 aromatic heterocycles. The van der Waals surface area contributed by atoms with Gasteiger partial charge in [-0.05, 0) is 24.8 Å². The molecule has 22 heavy (non-hydrogen) atoms. The van der Waals surface area contributed by atoms with Crippen LogP contribution in [0.5, 0.6) is 0 Å². The van der Waals surface area contributed by atoms with Gasteiger partial charge in [-0.2, -0.15) is 0 Å². The lowest BCUT2D eigenvalue weighted by molar-refractivity contribution is -0.136. The first-order valence-corrected chi connectivity index (χ1v) is 8.87. The Labute approximate surface area is 135 Å². The van der Waals surface area contributed by atoms with Crippen molar-refractivity contribution in [1.82, 2.24) is 9.80 Å². The van der Waals surface area contributed by atoms with Crippen LogP contribution in [0, 0.1) is 5.92 Å². The van der Waals surface area contributed by atoms with E-state index in [9.17, 15) is 9.59 Å². The predicted molar refractivity (Wildman–Crippen MR) is 86.7 cm³/mol. The van der Waals surface area contributed by atoms with Gasteiger partial charge in [0, 0.05) is 36.4 Å². The van der Waals surface area contributed by atoms with Crippen LogP contribution in [-0.4, -0.2) is 47.8 Å². The molecule has 1 saturated carbocycles. The van der Waals surface area contributed by atoms with Crippen LogP contribution in [0.15, 0.2) is 11.4 Å². The van der Waals surface area contributed by atoms with E-state index in [4.69, 9.17) is 5.73 Å². The van der Waals surface area contributed by atoms with Crippen LogP contribution in [0.2, 0.25) is 0 Å². The van der Waals surface area contributed by atoms with Gasteiger partial charge < -0.3 is 10.6 Å². The average Bonchev–Trinajstić information content (AvgIpc) is 3.13. The molecule has 2 N–H and O–H groups in total. The van der Waals surface area contributed by atoms with Crippen molar-refractivity contribution in [3.8, 4) is 0 Å². The molecule has 0 bridgehead atoms. The first-order chi connectivity index (χ1) is 10.6. The molecule has 2 aliphatic rings. The minimum Gasteiger partial charge on any atom is -0.366 e. The molecule has 2 fully saturated rings. The van der Waals surface area contributed by atoms with Gasteiger partial charge in [-0.3, -0.25) is 14.5 Å². The molecule has 5 nitrogen and oxygen atoms in total. The number of thiophene rings is 1. The van der Waals surface area contributed by atoms with Gasteiger partial charge in [-0.15, -0.1) is 11.3 Å². The SMILES string of the molecule is NC(=O)c1csc(CN2CCN(CC3CCCC3)C(=O)C2)c1. The molecule has 2 heterocycles. The summed E-state index contributed by atoms with van der Waals surface area (Å²) in [5.74, 6) is 0.565. The average molecular weight is 321 g/mol. The van der Waals surface area contributed by atoms with Crippen molar-refractivity contribution in [2.45, 2.75) is 32.2 Å². The molecular weight excluding hydrogens is 298 g/mol. The Morgan fingerprint density at radius 2 is 2.09 bits per heavy atom. The summed E-state index contributed by atoms with van der Waals surface area (Å²) in [4.78, 5) is 28.7. The third-order valence-electron chi connectivity index (χ3n) is 4.67. The molecule has 120 valence electrons. The molecule has 0 spiro atoms. The second kappa shape index (κ2) is 6.79. The summed E-state index contributed by atoms with van der Waals surface area (Å²) < 4.78 is 0. The summed E-state index contributed by atoms with van der Waals surface area (Å²) in [5, 5.41) is 1.79. The van der Waals surface area contributed by atoms with Crippen molar-refractivity contribution in [2.24, 2.45) is 11.7 Å². The Bertz CT molecular complexity index is 551. The van der Waals surface area contributed by atoms with Gasteiger partial charge in [0.05, 0.1) is 12.1 Å². The van der Waals surface area contributed by atoms with Gasteiger partial charge in [0.2, 0.25) is 11.8 Å². The molecule has 0 unspecified atom stereocenters. The third kappa shape index (κ3) is 3.67. The number of carbonyl (C=O) groups excluding carboxylic acids is 2. The number of rotatable bonds is 5. The summed E-state index contributed by atoms with van der Waals surface area (Å²) in [5.41, 5.74) is 5.83. The highest BCUT2D eigenvalue weighted by Gasteiger charge is 2.27. The summed E-state index contributed by atoms with van der Waals surface area (Å²) in [6.07, 6.45) is 5.19. The van der Waals surface area contributed by atoms with E-state index in [1.54, 1.807) is 5.38 Å². The number of hydrogen-bond donors (Lipinski definition) is 1. The number of primary amides is 1. The first kappa shape index (κ1) is 15.5. The molecule has 3 rings (SSSR count). The van der Waals surface area contributed by atoms with Crippen molar-refractivity contribution in [2.75, 3.05) is 26.2 Å². The molecule has 1 aromatic rings. The molecule has 1 saturated heterocycles. The Kier molecular flexibility index (Phi) is 4.78. The maximum atomic E-state index is 12.3. The summed E-state index contributed by atoms with van der Waals surface area (Å²) in [7, 11) is 0. The maximum Gasteiger partial charge on any atom is 0.249 e. The second-order valence-electron chi connectivity index (χ2n) is 6.37. The minimum atomic E-state index is -0.389. The van der Waals surface area contributed by atoms with Crippen LogP contribution in [0.25, 0.3) is 0 Å². The number of nitrogens with two attached hydrogens (primary N) is 1. The van der Waals surface area contributed by atoms with Crippen LogP contribution in [-0.2, 0) is 11.3 Å². The number of amides is 2. The second-order valence-corrected chi connectivity index (χ2v) is 7.36. The lowest BCUT2D eigenvalue weighted by atomic mass is 10.1. The minimum absolute atomic E-state index is 0.241. The summed E-state index contributed by atoms with van der Waals surface area (Å²) in [6.45, 7) is 3.88. The molecule has 2 amide bonds. The quantitative estimate of drug-likeness (QED) is 0.897. The Morgan fingerprint density at radius 1 is 1.32 bits per heavy atom. The molecular formula is C16H23N3O2S. The van der Waals surface area contributed by atoms with Crippen LogP contribution in [0.1, 0.15) is 40.9 Å². The monoisotopic (exact) mass is 321 g/mol. The van der Waals surface area contributed by atoms with Crippen molar-refractivity contribution in [3.63, 3.8) is 0 Å². The van der Waals surface area contributed by atoms with Gasteiger partial charge in [0.1, 0.15) is 0 Å². The van der Waals surface area contributed by atoms with Crippen LogP contribution < -0.4 is 5.73 Å². The van der Waals surface area contributed by atoms with Crippen molar-refractivity contribution < 1.29 is 9.59 Å². The molecule has 1 aliphatic carbocycles. The number of carbonyl (C=O) groups is 2. The van der Waals surface area contributed by atoms with Crippen LogP contribution in [0.3, 0.4) is 0 Å². The normalized spacial score (nSPS) is 20.7. The molecule has 6 heteroatoms. The summed E-state index contributed by atoms with van der Waals surface area (Å²) >= 11 is 1.53. The highest BCUT2D eigenvalue weighted by atomic mass is 32.1. The van der Waals surface area contributed by atoms with Crippen molar-refractivity contribution in [1.29, 1.82) is 0 Å². The zero-order chi connectivity index (χ0) is 15.5. The fraction of sp³-hybridized carbons (Fsp3) is 0.625. The van der Waals surface area contributed by atoms with Crippen molar-refractivity contribution >= 4 is 23.2 Å². The van der Waals surface area contributed by atoms with E-state index in [0.29, 0.717) is 18.0 Å². The molecule has 0 radical (unpaired) electrons. The number of piperazine rings is 1. The van der Waals surface area contributed by atoms with Crippen LogP contribution >= 0.6 is 11.3 Å². The number of hydrogen-bond acceptors (Lipinski definition) is 4. The van der Waals surface area contributed by atoms with E-state index in [2.05, 4.69) is 4.90 Å². The van der Waals surface area contributed by atoms with E-state index in [1.165, 1.54) is 37.0 Å². The Morgan fingerprint density at radius 3 is 2.73 bits per heavy atom. The largest absolute Gasteiger partial charge is 0.366 e. The van der Waals surface area contributed by atoms with E-state index < -0.39 is 0 Å². The van der Waals surface area contributed by atoms with Crippen LogP contribution in [0.4, 0.5) is 0 Å². The first-order valence-electron chi connectivity index (χ1n) is 7.99. The summed E-state index contributed by atoms with van der Waals surface area (Å²) in [6, 6.07) is 1.84. The zero-order valence-electron chi connectivity index (χ0n) is 12.8. The van der Waals surface area contributed by atoms with E-state index >= 15 is 0 Å². The lowest BCUT2D eigenvalue weighted by Gasteiger charge is -2.35. The van der Waals surface area contributed by atoms with Crippen molar-refractivity contribution in [3.05, 3.63) is 21.9 Å². The molecule has 0 aromatic carbocycles. The van der Waals surface area contributed by atoms with E-state index in [1.807, 2.05) is 11.0 Å². The zero-order valence-corrected chi connectivity index (χ0v) is 13.6. The molecule has 0 atom stereocenters. The van der Waals surface area contributed by atoms with Gasteiger partial charge in [-0.25, -0.2) is 0 Å². The van der Waals surface area contributed by atoms with Gasteiger partial charge >= 0.3 is 0 Å². The van der Waals surface area contributed by atoms with Gasteiger partial charge in [0.25, 0.3) is 0 Å². The standard InChI is InChI=1S/C16H23N3O2S/c17-16(21)13-7-14(22-11-13)9-18-5-6-19(15(20)10-18)8-12-3-1-2-4-12/h7,11-12H,1-6,8-10H2,(H2,17,21). The van der Waals surface area contributed by atoms with E-state index in [0.717, 1.165) is 31.1 Å². The molecule has 1 aliphatic heterocycles. The fourth-order valence-electron chi connectivity index (χ4n) is 3.40. The lowest BCUT2D eigenvalue weighted by Crippen LogP contribution is -2.50.